The molecule has 0 saturated carbocycles. The summed E-state index contributed by atoms with van der Waals surface area (Å²) in [4.78, 5) is 24.5. The van der Waals surface area contributed by atoms with Gasteiger partial charge in [0.25, 0.3) is 5.89 Å². The van der Waals surface area contributed by atoms with Crippen molar-refractivity contribution in [1.82, 2.24) is 15.1 Å². The highest BCUT2D eigenvalue weighted by Gasteiger charge is 2.11. The summed E-state index contributed by atoms with van der Waals surface area (Å²) in [6.45, 7) is 2.60. The summed E-state index contributed by atoms with van der Waals surface area (Å²) in [5, 5.41) is 8.82. The Morgan fingerprint density at radius 1 is 1.29 bits per heavy atom. The van der Waals surface area contributed by atoms with E-state index >= 15 is 0 Å². The van der Waals surface area contributed by atoms with Crippen molar-refractivity contribution in [2.24, 2.45) is 0 Å². The van der Waals surface area contributed by atoms with Crippen LogP contribution in [-0.2, 0) is 17.8 Å². The number of hydrogen-bond acceptors (Lipinski definition) is 5. The lowest BCUT2D eigenvalue weighted by Gasteiger charge is -2.05. The van der Waals surface area contributed by atoms with Crippen molar-refractivity contribution in [3.63, 3.8) is 0 Å². The number of hydrogen-bond donors (Lipinski definition) is 1. The van der Waals surface area contributed by atoms with Gasteiger partial charge in [-0.15, -0.1) is 16.4 Å². The summed E-state index contributed by atoms with van der Waals surface area (Å²) >= 11 is 1.45. The molecule has 2 heterocycles. The molecule has 0 fully saturated rings. The molecule has 3 rings (SSSR count). The molecule has 1 amide bonds. The van der Waals surface area contributed by atoms with Gasteiger partial charge in [0.2, 0.25) is 5.91 Å². The number of aryl methyl sites for hydroxylation is 1. The number of rotatable bonds is 6. The third-order valence-electron chi connectivity index (χ3n) is 3.47. The SMILES string of the molecule is Cc1ccc(CC(=O)NCCn2nc(-c3cccs3)oc2=O)cc1. The molecule has 1 aromatic carbocycles. The van der Waals surface area contributed by atoms with Crippen molar-refractivity contribution in [3.8, 4) is 10.8 Å². The molecule has 3 aromatic rings. The van der Waals surface area contributed by atoms with E-state index in [0.29, 0.717) is 18.9 Å². The quantitative estimate of drug-likeness (QED) is 0.744. The Balaban J connectivity index is 1.52. The molecule has 0 atom stereocenters. The Labute approximate surface area is 142 Å². The predicted molar refractivity (Wildman–Crippen MR) is 92.0 cm³/mol. The van der Waals surface area contributed by atoms with Crippen LogP contribution in [0.2, 0.25) is 0 Å². The van der Waals surface area contributed by atoms with E-state index in [0.717, 1.165) is 16.0 Å². The van der Waals surface area contributed by atoms with Crippen molar-refractivity contribution in [1.29, 1.82) is 0 Å². The first-order chi connectivity index (χ1) is 11.6. The normalized spacial score (nSPS) is 10.7. The van der Waals surface area contributed by atoms with E-state index < -0.39 is 5.76 Å². The smallest absolute Gasteiger partial charge is 0.387 e. The molecule has 2 aromatic heterocycles. The van der Waals surface area contributed by atoms with Crippen molar-refractivity contribution < 1.29 is 9.21 Å². The van der Waals surface area contributed by atoms with Gasteiger partial charge in [-0.2, -0.15) is 4.68 Å². The van der Waals surface area contributed by atoms with E-state index in [1.165, 1.54) is 16.0 Å². The molecule has 24 heavy (non-hydrogen) atoms. The molecular formula is C17H17N3O3S. The lowest BCUT2D eigenvalue weighted by atomic mass is 10.1. The van der Waals surface area contributed by atoms with E-state index in [-0.39, 0.29) is 12.5 Å². The van der Waals surface area contributed by atoms with Crippen molar-refractivity contribution in [2.75, 3.05) is 6.54 Å². The van der Waals surface area contributed by atoms with Gasteiger partial charge in [0.05, 0.1) is 17.8 Å². The van der Waals surface area contributed by atoms with Crippen molar-refractivity contribution in [2.45, 2.75) is 19.9 Å². The zero-order valence-electron chi connectivity index (χ0n) is 13.2. The topological polar surface area (TPSA) is 77.1 Å². The van der Waals surface area contributed by atoms with Crippen molar-refractivity contribution in [3.05, 3.63) is 63.5 Å². The molecule has 1 N–H and O–H groups in total. The van der Waals surface area contributed by atoms with Crippen LogP contribution in [0.25, 0.3) is 10.8 Å². The monoisotopic (exact) mass is 343 g/mol. The van der Waals surface area contributed by atoms with Gasteiger partial charge in [0.15, 0.2) is 0 Å². The molecule has 0 saturated heterocycles. The number of carbonyl (C=O) groups excluding carboxylic acids is 1. The van der Waals surface area contributed by atoms with E-state index in [2.05, 4.69) is 10.4 Å². The molecule has 0 spiro atoms. The zero-order chi connectivity index (χ0) is 16.9. The van der Waals surface area contributed by atoms with Gasteiger partial charge in [0.1, 0.15) is 0 Å². The molecule has 0 radical (unpaired) electrons. The summed E-state index contributed by atoms with van der Waals surface area (Å²) in [7, 11) is 0. The van der Waals surface area contributed by atoms with Crippen LogP contribution in [0, 0.1) is 6.92 Å². The van der Waals surface area contributed by atoms with E-state index in [1.807, 2.05) is 48.7 Å². The minimum atomic E-state index is -0.522. The number of thiophene rings is 1. The fourth-order valence-corrected chi connectivity index (χ4v) is 2.85. The first-order valence-electron chi connectivity index (χ1n) is 7.56. The third-order valence-corrected chi connectivity index (χ3v) is 4.33. The first kappa shape index (κ1) is 16.2. The second-order valence-corrected chi connectivity index (χ2v) is 6.33. The van der Waals surface area contributed by atoms with E-state index in [4.69, 9.17) is 4.42 Å². The van der Waals surface area contributed by atoms with Crippen LogP contribution in [0.15, 0.2) is 51.0 Å². The number of amides is 1. The van der Waals surface area contributed by atoms with Gasteiger partial charge in [-0.05, 0) is 23.9 Å². The van der Waals surface area contributed by atoms with Crippen LogP contribution in [-0.4, -0.2) is 22.2 Å². The highest BCUT2D eigenvalue weighted by atomic mass is 32.1. The molecule has 0 bridgehead atoms. The van der Waals surface area contributed by atoms with Crippen LogP contribution in [0.4, 0.5) is 0 Å². The average Bonchev–Trinajstić information content (AvgIpc) is 3.20. The molecule has 7 heteroatoms. The Morgan fingerprint density at radius 3 is 2.79 bits per heavy atom. The fraction of sp³-hybridized carbons (Fsp3) is 0.235. The molecular weight excluding hydrogens is 326 g/mol. The average molecular weight is 343 g/mol. The zero-order valence-corrected chi connectivity index (χ0v) is 14.0. The predicted octanol–water partition coefficient (Wildman–Crippen LogP) is 2.23. The maximum Gasteiger partial charge on any atom is 0.437 e. The summed E-state index contributed by atoms with van der Waals surface area (Å²) in [5.41, 5.74) is 2.11. The maximum absolute atomic E-state index is 11.9. The first-order valence-corrected chi connectivity index (χ1v) is 8.44. The van der Waals surface area contributed by atoms with Gasteiger partial charge >= 0.3 is 5.76 Å². The molecule has 0 aliphatic rings. The largest absolute Gasteiger partial charge is 0.437 e. The molecule has 124 valence electrons. The molecule has 0 aliphatic heterocycles. The van der Waals surface area contributed by atoms with Gasteiger partial charge in [-0.3, -0.25) is 4.79 Å². The summed E-state index contributed by atoms with van der Waals surface area (Å²) in [6.07, 6.45) is 0.314. The lowest BCUT2D eigenvalue weighted by Crippen LogP contribution is -2.31. The van der Waals surface area contributed by atoms with Crippen molar-refractivity contribution >= 4 is 17.2 Å². The van der Waals surface area contributed by atoms with Crippen LogP contribution < -0.4 is 11.1 Å². The Morgan fingerprint density at radius 2 is 2.08 bits per heavy atom. The Kier molecular flexibility index (Phi) is 4.90. The Bertz CT molecular complexity index is 863. The fourth-order valence-electron chi connectivity index (χ4n) is 2.20. The van der Waals surface area contributed by atoms with Gasteiger partial charge in [0, 0.05) is 6.54 Å². The number of nitrogens with zero attached hydrogens (tertiary/aromatic N) is 2. The van der Waals surface area contributed by atoms with Crippen LogP contribution >= 0.6 is 11.3 Å². The second-order valence-electron chi connectivity index (χ2n) is 5.39. The van der Waals surface area contributed by atoms with Gasteiger partial charge in [-0.1, -0.05) is 35.9 Å². The molecule has 6 nitrogen and oxygen atoms in total. The van der Waals surface area contributed by atoms with E-state index in [1.54, 1.807) is 0 Å². The standard InChI is InChI=1S/C17H17N3O3S/c1-12-4-6-13(7-5-12)11-15(21)18-8-9-20-17(22)23-16(19-20)14-3-2-10-24-14/h2-7,10H,8-9,11H2,1H3,(H,18,21). The summed E-state index contributed by atoms with van der Waals surface area (Å²) in [5.74, 6) is -0.305. The highest BCUT2D eigenvalue weighted by Crippen LogP contribution is 2.20. The minimum absolute atomic E-state index is 0.0890. The maximum atomic E-state index is 11.9. The van der Waals surface area contributed by atoms with Crippen LogP contribution in [0.1, 0.15) is 11.1 Å². The summed E-state index contributed by atoms with van der Waals surface area (Å²) < 4.78 is 6.34. The van der Waals surface area contributed by atoms with Crippen LogP contribution in [0.5, 0.6) is 0 Å². The van der Waals surface area contributed by atoms with E-state index in [9.17, 15) is 9.59 Å². The van der Waals surface area contributed by atoms with Crippen LogP contribution in [0.3, 0.4) is 0 Å². The highest BCUT2D eigenvalue weighted by molar-refractivity contribution is 7.13. The van der Waals surface area contributed by atoms with Gasteiger partial charge < -0.3 is 9.73 Å². The third kappa shape index (κ3) is 3.99. The van der Waals surface area contributed by atoms with Gasteiger partial charge in [-0.25, -0.2) is 4.79 Å². The lowest BCUT2D eigenvalue weighted by molar-refractivity contribution is -0.120. The number of carbonyl (C=O) groups is 1. The summed E-state index contributed by atoms with van der Waals surface area (Å²) in [6, 6.07) is 11.5. The number of benzene rings is 1. The molecule has 0 unspecified atom stereocenters. The second kappa shape index (κ2) is 7.27. The Hall–Kier alpha value is -2.67. The molecule has 0 aliphatic carbocycles. The number of nitrogens with one attached hydrogen (secondary N) is 1. The minimum Gasteiger partial charge on any atom is -0.387 e. The number of aromatic nitrogens is 2.